The molecule has 1 aromatic carbocycles. The van der Waals surface area contributed by atoms with E-state index in [0.717, 1.165) is 10.0 Å². The van der Waals surface area contributed by atoms with Crippen LogP contribution in [0.3, 0.4) is 0 Å². The maximum absolute atomic E-state index is 5.83. The van der Waals surface area contributed by atoms with E-state index in [0.29, 0.717) is 6.04 Å². The van der Waals surface area contributed by atoms with Crippen LogP contribution in [-0.2, 0) is 0 Å². The highest BCUT2D eigenvalue weighted by Crippen LogP contribution is 2.29. The van der Waals surface area contributed by atoms with E-state index in [2.05, 4.69) is 59.9 Å². The Labute approximate surface area is 101 Å². The number of hydrogen-bond acceptors (Lipinski definition) is 2. The molecule has 0 unspecified atom stereocenters. The second kappa shape index (κ2) is 4.99. The quantitative estimate of drug-likeness (QED) is 0.913. The van der Waals surface area contributed by atoms with Crippen LogP contribution in [0.4, 0.5) is 5.69 Å². The minimum atomic E-state index is 0.0831. The highest BCUT2D eigenvalue weighted by atomic mass is 79.9. The second-order valence-corrected chi connectivity index (χ2v) is 5.06. The highest BCUT2D eigenvalue weighted by molar-refractivity contribution is 9.10. The number of rotatable bonds is 3. The van der Waals surface area contributed by atoms with Gasteiger partial charge in [-0.15, -0.1) is 0 Å². The topological polar surface area (TPSA) is 29.3 Å². The maximum Gasteiger partial charge on any atom is 0.0510 e. The molecule has 2 nitrogen and oxygen atoms in total. The third-order valence-electron chi connectivity index (χ3n) is 2.65. The molecule has 0 aromatic heterocycles. The van der Waals surface area contributed by atoms with Gasteiger partial charge < -0.3 is 10.6 Å². The lowest BCUT2D eigenvalue weighted by molar-refractivity contribution is 0.751. The van der Waals surface area contributed by atoms with E-state index in [1.165, 1.54) is 5.69 Å². The molecule has 0 saturated heterocycles. The van der Waals surface area contributed by atoms with E-state index in [1.807, 2.05) is 6.92 Å². The molecule has 0 amide bonds. The largest absolute Gasteiger partial charge is 0.371 e. The first kappa shape index (κ1) is 12.5. The number of hydrogen-bond donors (Lipinski definition) is 1. The molecule has 0 bridgehead atoms. The monoisotopic (exact) mass is 270 g/mol. The Morgan fingerprint density at radius 3 is 2.27 bits per heavy atom. The molecule has 0 spiro atoms. The van der Waals surface area contributed by atoms with Gasteiger partial charge in [-0.3, -0.25) is 0 Å². The molecule has 0 heterocycles. The smallest absolute Gasteiger partial charge is 0.0510 e. The summed E-state index contributed by atoms with van der Waals surface area (Å²) in [4.78, 5) is 2.23. The molecule has 1 aromatic rings. The summed E-state index contributed by atoms with van der Waals surface area (Å²) in [6.45, 7) is 6.34. The molecule has 1 atom stereocenters. The van der Waals surface area contributed by atoms with Gasteiger partial charge in [-0.25, -0.2) is 0 Å². The van der Waals surface area contributed by atoms with Gasteiger partial charge >= 0.3 is 0 Å². The van der Waals surface area contributed by atoms with E-state index >= 15 is 0 Å². The van der Waals surface area contributed by atoms with Gasteiger partial charge in [-0.1, -0.05) is 6.07 Å². The molecular formula is C12H19BrN2. The van der Waals surface area contributed by atoms with E-state index in [1.54, 1.807) is 0 Å². The molecule has 2 N–H and O–H groups in total. The SMILES string of the molecule is CC(C)N(C)c1ccc([C@@H](C)N)cc1Br. The summed E-state index contributed by atoms with van der Waals surface area (Å²) in [5.74, 6) is 0. The van der Waals surface area contributed by atoms with Gasteiger partial charge in [-0.2, -0.15) is 0 Å². The summed E-state index contributed by atoms with van der Waals surface area (Å²) in [6, 6.07) is 6.87. The van der Waals surface area contributed by atoms with E-state index in [9.17, 15) is 0 Å². The van der Waals surface area contributed by atoms with Crippen LogP contribution in [0.1, 0.15) is 32.4 Å². The number of anilines is 1. The van der Waals surface area contributed by atoms with E-state index in [4.69, 9.17) is 5.73 Å². The first-order chi connectivity index (χ1) is 6.93. The molecule has 0 aliphatic heterocycles. The van der Waals surface area contributed by atoms with E-state index < -0.39 is 0 Å². The summed E-state index contributed by atoms with van der Waals surface area (Å²) in [5.41, 5.74) is 8.19. The van der Waals surface area contributed by atoms with Crippen LogP contribution in [0.25, 0.3) is 0 Å². The number of nitrogens with zero attached hydrogens (tertiary/aromatic N) is 1. The fourth-order valence-electron chi connectivity index (χ4n) is 1.37. The normalized spacial score (nSPS) is 13.0. The lowest BCUT2D eigenvalue weighted by atomic mass is 10.1. The third kappa shape index (κ3) is 2.95. The van der Waals surface area contributed by atoms with Crippen molar-refractivity contribution in [1.82, 2.24) is 0 Å². The van der Waals surface area contributed by atoms with Gasteiger partial charge in [-0.05, 0) is 54.4 Å². The Morgan fingerprint density at radius 1 is 1.27 bits per heavy atom. The summed E-state index contributed by atoms with van der Waals surface area (Å²) < 4.78 is 1.11. The zero-order chi connectivity index (χ0) is 11.6. The maximum atomic E-state index is 5.83. The molecule has 0 aliphatic rings. The van der Waals surface area contributed by atoms with Crippen LogP contribution in [0.5, 0.6) is 0 Å². The fourth-order valence-corrected chi connectivity index (χ4v) is 2.05. The Bertz CT molecular complexity index is 334. The zero-order valence-electron chi connectivity index (χ0n) is 9.79. The Kier molecular flexibility index (Phi) is 4.17. The summed E-state index contributed by atoms with van der Waals surface area (Å²) in [7, 11) is 2.09. The molecule has 0 saturated carbocycles. The van der Waals surface area contributed by atoms with Crippen LogP contribution in [0.2, 0.25) is 0 Å². The number of nitrogens with two attached hydrogens (primary N) is 1. The predicted octanol–water partition coefficient (Wildman–Crippen LogP) is 3.31. The lowest BCUT2D eigenvalue weighted by Gasteiger charge is -2.25. The van der Waals surface area contributed by atoms with Crippen LogP contribution < -0.4 is 10.6 Å². The van der Waals surface area contributed by atoms with Crippen molar-refractivity contribution < 1.29 is 0 Å². The first-order valence-electron chi connectivity index (χ1n) is 5.21. The molecule has 84 valence electrons. The number of benzene rings is 1. The number of halogens is 1. The van der Waals surface area contributed by atoms with Crippen molar-refractivity contribution in [2.75, 3.05) is 11.9 Å². The standard InChI is InChI=1S/C12H19BrN2/c1-8(2)15(4)12-6-5-10(9(3)14)7-11(12)13/h5-9H,14H2,1-4H3/t9-/m1/s1. The van der Waals surface area contributed by atoms with Crippen LogP contribution in [-0.4, -0.2) is 13.1 Å². The van der Waals surface area contributed by atoms with Crippen molar-refractivity contribution in [2.24, 2.45) is 5.73 Å². The van der Waals surface area contributed by atoms with Crippen LogP contribution in [0, 0.1) is 0 Å². The van der Waals surface area contributed by atoms with Crippen LogP contribution in [0.15, 0.2) is 22.7 Å². The van der Waals surface area contributed by atoms with Crippen molar-refractivity contribution in [3.05, 3.63) is 28.2 Å². The summed E-state index contributed by atoms with van der Waals surface area (Å²) in [6.07, 6.45) is 0. The summed E-state index contributed by atoms with van der Waals surface area (Å²) in [5, 5.41) is 0. The Hall–Kier alpha value is -0.540. The van der Waals surface area contributed by atoms with Crippen molar-refractivity contribution >= 4 is 21.6 Å². The second-order valence-electron chi connectivity index (χ2n) is 4.20. The highest BCUT2D eigenvalue weighted by Gasteiger charge is 2.10. The van der Waals surface area contributed by atoms with Gasteiger partial charge in [0.05, 0.1) is 5.69 Å². The van der Waals surface area contributed by atoms with E-state index in [-0.39, 0.29) is 6.04 Å². The average Bonchev–Trinajstić information content (AvgIpc) is 2.16. The van der Waals surface area contributed by atoms with Gasteiger partial charge in [0.15, 0.2) is 0 Å². The molecule has 15 heavy (non-hydrogen) atoms. The van der Waals surface area contributed by atoms with Crippen molar-refractivity contribution in [2.45, 2.75) is 32.9 Å². The lowest BCUT2D eigenvalue weighted by Crippen LogP contribution is -2.26. The molecule has 0 fully saturated rings. The van der Waals surface area contributed by atoms with Crippen LogP contribution >= 0.6 is 15.9 Å². The Morgan fingerprint density at radius 2 is 1.87 bits per heavy atom. The first-order valence-corrected chi connectivity index (χ1v) is 6.00. The minimum Gasteiger partial charge on any atom is -0.371 e. The predicted molar refractivity (Wildman–Crippen MR) is 70.3 cm³/mol. The summed E-state index contributed by atoms with van der Waals surface area (Å²) >= 11 is 3.59. The molecular weight excluding hydrogens is 252 g/mol. The molecule has 0 radical (unpaired) electrons. The van der Waals surface area contributed by atoms with Crippen molar-refractivity contribution in [3.63, 3.8) is 0 Å². The van der Waals surface area contributed by atoms with Crippen molar-refractivity contribution in [1.29, 1.82) is 0 Å². The minimum absolute atomic E-state index is 0.0831. The zero-order valence-corrected chi connectivity index (χ0v) is 11.4. The van der Waals surface area contributed by atoms with Crippen molar-refractivity contribution in [3.8, 4) is 0 Å². The molecule has 0 aliphatic carbocycles. The van der Waals surface area contributed by atoms with Gasteiger partial charge in [0.25, 0.3) is 0 Å². The Balaban J connectivity index is 3.03. The molecule has 3 heteroatoms. The van der Waals surface area contributed by atoms with Gasteiger partial charge in [0.1, 0.15) is 0 Å². The van der Waals surface area contributed by atoms with Gasteiger partial charge in [0.2, 0.25) is 0 Å². The molecule has 1 rings (SSSR count). The average molecular weight is 271 g/mol. The third-order valence-corrected chi connectivity index (χ3v) is 3.29. The fraction of sp³-hybridized carbons (Fsp3) is 0.500. The van der Waals surface area contributed by atoms with Gasteiger partial charge in [0, 0.05) is 23.6 Å².